The lowest BCUT2D eigenvalue weighted by atomic mass is 10.2. The molecule has 28 heavy (non-hydrogen) atoms. The number of guanidine groups is 1. The molecule has 0 saturated carbocycles. The second-order valence-electron chi connectivity index (χ2n) is 5.92. The Bertz CT molecular complexity index is 880. The molecule has 3 rings (SSSR count). The third-order valence-corrected chi connectivity index (χ3v) is 5.09. The molecule has 1 aromatic carbocycles. The fourth-order valence-electron chi connectivity index (χ4n) is 2.48. The van der Waals surface area contributed by atoms with E-state index in [2.05, 4.69) is 32.5 Å². The molecule has 2 N–H and O–H groups in total. The fraction of sp³-hybridized carbons (Fsp3) is 0.250. The lowest BCUT2D eigenvalue weighted by molar-refractivity contribution is 0.841. The van der Waals surface area contributed by atoms with E-state index in [1.165, 1.54) is 4.90 Å². The molecule has 0 saturated heterocycles. The minimum atomic E-state index is 0.573. The van der Waals surface area contributed by atoms with E-state index in [0.29, 0.717) is 6.54 Å². The van der Waals surface area contributed by atoms with Crippen LogP contribution in [0.25, 0.3) is 5.82 Å². The number of hydrogen-bond acceptors (Lipinski definition) is 4. The molecular weight excluding hydrogens is 392 g/mol. The van der Waals surface area contributed by atoms with Gasteiger partial charge in [-0.25, -0.2) is 15.0 Å². The number of rotatable bonds is 8. The van der Waals surface area contributed by atoms with Gasteiger partial charge in [0.1, 0.15) is 12.1 Å². The topological polar surface area (TPSA) is 67.1 Å². The van der Waals surface area contributed by atoms with Crippen molar-refractivity contribution in [3.63, 3.8) is 0 Å². The van der Waals surface area contributed by atoms with Crippen LogP contribution in [0.3, 0.4) is 0 Å². The van der Waals surface area contributed by atoms with Crippen molar-refractivity contribution in [3.05, 3.63) is 71.9 Å². The lowest BCUT2D eigenvalue weighted by Crippen LogP contribution is -2.38. The maximum Gasteiger partial charge on any atom is 0.191 e. The Labute approximate surface area is 174 Å². The minimum absolute atomic E-state index is 0.573. The largest absolute Gasteiger partial charge is 0.357 e. The van der Waals surface area contributed by atoms with E-state index in [0.717, 1.165) is 41.2 Å². The highest BCUT2D eigenvalue weighted by Crippen LogP contribution is 2.19. The van der Waals surface area contributed by atoms with E-state index in [1.807, 2.05) is 47.2 Å². The second-order valence-corrected chi connectivity index (χ2v) is 7.52. The highest BCUT2D eigenvalue weighted by Gasteiger charge is 2.01. The first kappa shape index (κ1) is 20.2. The van der Waals surface area contributed by atoms with Gasteiger partial charge in [0, 0.05) is 47.4 Å². The van der Waals surface area contributed by atoms with Gasteiger partial charge in [-0.05, 0) is 48.9 Å². The maximum absolute atomic E-state index is 5.92. The third kappa shape index (κ3) is 6.28. The number of nitrogens with zero attached hydrogens (tertiary/aromatic N) is 4. The Kier molecular flexibility index (Phi) is 7.75. The Morgan fingerprint density at radius 1 is 1.18 bits per heavy atom. The zero-order chi connectivity index (χ0) is 19.6. The molecule has 2 heterocycles. The summed E-state index contributed by atoms with van der Waals surface area (Å²) in [6.07, 6.45) is 7.14. The summed E-state index contributed by atoms with van der Waals surface area (Å²) < 4.78 is 1.88. The molecule has 3 aromatic rings. The molecule has 6 nitrogen and oxygen atoms in total. The van der Waals surface area contributed by atoms with E-state index in [4.69, 9.17) is 11.6 Å². The van der Waals surface area contributed by atoms with Gasteiger partial charge in [-0.1, -0.05) is 11.6 Å². The average molecular weight is 415 g/mol. The fourth-order valence-corrected chi connectivity index (χ4v) is 3.37. The van der Waals surface area contributed by atoms with Gasteiger partial charge in [0.15, 0.2) is 5.96 Å². The van der Waals surface area contributed by atoms with Crippen molar-refractivity contribution in [3.8, 4) is 5.82 Å². The van der Waals surface area contributed by atoms with Crippen LogP contribution in [0, 0.1) is 0 Å². The molecule has 0 spiro atoms. The number of aromatic nitrogens is 3. The van der Waals surface area contributed by atoms with Crippen molar-refractivity contribution >= 4 is 29.3 Å². The average Bonchev–Trinajstić information content (AvgIpc) is 3.26. The number of benzene rings is 1. The zero-order valence-electron chi connectivity index (χ0n) is 15.7. The predicted molar refractivity (Wildman–Crippen MR) is 116 cm³/mol. The molecule has 0 amide bonds. The van der Waals surface area contributed by atoms with Crippen LogP contribution >= 0.6 is 23.4 Å². The van der Waals surface area contributed by atoms with Crippen molar-refractivity contribution in [2.75, 3.05) is 18.8 Å². The van der Waals surface area contributed by atoms with Gasteiger partial charge in [-0.15, -0.1) is 11.8 Å². The smallest absolute Gasteiger partial charge is 0.191 e. The van der Waals surface area contributed by atoms with Crippen molar-refractivity contribution < 1.29 is 0 Å². The Hall–Kier alpha value is -2.51. The van der Waals surface area contributed by atoms with Gasteiger partial charge in [-0.2, -0.15) is 0 Å². The van der Waals surface area contributed by atoms with Crippen LogP contribution in [-0.2, 0) is 6.54 Å². The zero-order valence-corrected chi connectivity index (χ0v) is 17.2. The van der Waals surface area contributed by atoms with Crippen LogP contribution < -0.4 is 10.6 Å². The first-order valence-corrected chi connectivity index (χ1v) is 10.4. The Balaban J connectivity index is 1.52. The van der Waals surface area contributed by atoms with Crippen molar-refractivity contribution in [2.45, 2.75) is 18.4 Å². The summed E-state index contributed by atoms with van der Waals surface area (Å²) in [6.45, 7) is 4.26. The molecule has 0 unspecified atom stereocenters. The Morgan fingerprint density at radius 3 is 2.79 bits per heavy atom. The number of pyridine rings is 1. The number of nitrogens with one attached hydrogen (secondary N) is 2. The van der Waals surface area contributed by atoms with E-state index >= 15 is 0 Å². The monoisotopic (exact) mass is 414 g/mol. The van der Waals surface area contributed by atoms with Gasteiger partial charge in [0.25, 0.3) is 0 Å². The number of thioether (sulfide) groups is 1. The summed E-state index contributed by atoms with van der Waals surface area (Å²) in [5.41, 5.74) is 1.09. The van der Waals surface area contributed by atoms with Crippen LogP contribution in [0.15, 0.2) is 71.2 Å². The molecule has 0 bridgehead atoms. The number of aliphatic imine (C=N–C) groups is 1. The van der Waals surface area contributed by atoms with Gasteiger partial charge in [-0.3, -0.25) is 4.57 Å². The molecule has 2 aromatic heterocycles. The molecule has 8 heteroatoms. The molecular formula is C20H23ClN6S. The highest BCUT2D eigenvalue weighted by molar-refractivity contribution is 7.99. The summed E-state index contributed by atoms with van der Waals surface area (Å²) in [5, 5.41) is 7.42. The summed E-state index contributed by atoms with van der Waals surface area (Å²) in [5.74, 6) is 2.58. The second kappa shape index (κ2) is 10.7. The number of hydrogen-bond donors (Lipinski definition) is 2. The van der Waals surface area contributed by atoms with Crippen LogP contribution in [-0.4, -0.2) is 39.3 Å². The normalized spacial score (nSPS) is 11.4. The van der Waals surface area contributed by atoms with Crippen molar-refractivity contribution in [1.82, 2.24) is 25.2 Å². The van der Waals surface area contributed by atoms with Crippen molar-refractivity contribution in [1.29, 1.82) is 0 Å². The van der Waals surface area contributed by atoms with Gasteiger partial charge < -0.3 is 10.6 Å². The summed E-state index contributed by atoms with van der Waals surface area (Å²) in [6, 6.07) is 11.9. The lowest BCUT2D eigenvalue weighted by Gasteiger charge is -2.11. The van der Waals surface area contributed by atoms with E-state index < -0.39 is 0 Å². The molecule has 0 fully saturated rings. The molecule has 0 atom stereocenters. The van der Waals surface area contributed by atoms with E-state index in [9.17, 15) is 0 Å². The number of imidazole rings is 1. The predicted octanol–water partition coefficient (Wildman–Crippen LogP) is 3.77. The first-order chi connectivity index (χ1) is 13.7. The van der Waals surface area contributed by atoms with Crippen LogP contribution in [0.1, 0.15) is 12.5 Å². The van der Waals surface area contributed by atoms with Gasteiger partial charge >= 0.3 is 0 Å². The quantitative estimate of drug-likeness (QED) is 0.254. The summed E-state index contributed by atoms with van der Waals surface area (Å²) >= 11 is 7.70. The van der Waals surface area contributed by atoms with Crippen LogP contribution in [0.5, 0.6) is 0 Å². The summed E-state index contributed by atoms with van der Waals surface area (Å²) in [4.78, 5) is 14.3. The standard InChI is InChI=1S/C20H23ClN6S/c1-2-23-20(25-10-12-28-18-5-3-17(21)4-6-18)26-14-16-7-8-24-19(13-16)27-11-9-22-15-27/h3-9,11,13,15H,2,10,12,14H2,1H3,(H2,23,25,26). The first-order valence-electron chi connectivity index (χ1n) is 9.08. The SMILES string of the molecule is CCNC(=NCc1ccnc(-n2ccnc2)c1)NCCSc1ccc(Cl)cc1. The minimum Gasteiger partial charge on any atom is -0.357 e. The summed E-state index contributed by atoms with van der Waals surface area (Å²) in [7, 11) is 0. The molecule has 146 valence electrons. The van der Waals surface area contributed by atoms with Crippen LogP contribution in [0.4, 0.5) is 0 Å². The van der Waals surface area contributed by atoms with E-state index in [1.54, 1.807) is 30.5 Å². The maximum atomic E-state index is 5.92. The number of halogens is 1. The van der Waals surface area contributed by atoms with Crippen molar-refractivity contribution in [2.24, 2.45) is 4.99 Å². The molecule has 0 aliphatic heterocycles. The van der Waals surface area contributed by atoms with Gasteiger partial charge in [0.05, 0.1) is 6.54 Å². The van der Waals surface area contributed by atoms with Gasteiger partial charge in [0.2, 0.25) is 0 Å². The molecule has 0 aliphatic rings. The highest BCUT2D eigenvalue weighted by atomic mass is 35.5. The van der Waals surface area contributed by atoms with Crippen LogP contribution in [0.2, 0.25) is 5.02 Å². The molecule has 0 radical (unpaired) electrons. The molecule has 0 aliphatic carbocycles. The van der Waals surface area contributed by atoms with E-state index in [-0.39, 0.29) is 0 Å². The Morgan fingerprint density at radius 2 is 2.04 bits per heavy atom. The third-order valence-electron chi connectivity index (χ3n) is 3.82.